The molecule has 1 saturated carbocycles. The number of carbonyl (C=O) groups is 1. The Morgan fingerprint density at radius 1 is 1.15 bits per heavy atom. The summed E-state index contributed by atoms with van der Waals surface area (Å²) in [7, 11) is 0. The lowest BCUT2D eigenvalue weighted by Gasteiger charge is -2.30. The van der Waals surface area contributed by atoms with E-state index in [2.05, 4.69) is 12.1 Å². The van der Waals surface area contributed by atoms with Gasteiger partial charge in [-0.05, 0) is 25.3 Å². The molecule has 0 amide bonds. The van der Waals surface area contributed by atoms with Crippen molar-refractivity contribution < 1.29 is 4.79 Å². The van der Waals surface area contributed by atoms with Crippen LogP contribution in [0.4, 0.5) is 0 Å². The zero-order valence-corrected chi connectivity index (χ0v) is 11.7. The minimum Gasteiger partial charge on any atom is -0.299 e. The van der Waals surface area contributed by atoms with Crippen LogP contribution in [-0.2, 0) is 4.79 Å². The quantitative estimate of drug-likeness (QED) is 0.841. The second-order valence-corrected chi connectivity index (χ2v) is 5.49. The zero-order valence-electron chi connectivity index (χ0n) is 11.7. The third-order valence-electron chi connectivity index (χ3n) is 4.13. The lowest BCUT2D eigenvalue weighted by Crippen LogP contribution is -2.29. The molecule has 2 atom stereocenters. The van der Waals surface area contributed by atoms with Crippen LogP contribution < -0.4 is 0 Å². The Hall–Kier alpha value is -2.13. The van der Waals surface area contributed by atoms with Gasteiger partial charge in [0.2, 0.25) is 0 Å². The fraction of sp³-hybridized carbons (Fsp3) is 0.471. The second kappa shape index (κ2) is 6.35. The molecule has 2 unspecified atom stereocenters. The van der Waals surface area contributed by atoms with E-state index >= 15 is 0 Å². The monoisotopic (exact) mass is 266 g/mol. The molecule has 0 radical (unpaired) electrons. The van der Waals surface area contributed by atoms with Gasteiger partial charge in [0, 0.05) is 18.3 Å². The van der Waals surface area contributed by atoms with E-state index in [9.17, 15) is 15.3 Å². The van der Waals surface area contributed by atoms with Gasteiger partial charge in [0.1, 0.15) is 11.7 Å². The first-order valence-corrected chi connectivity index (χ1v) is 7.06. The third-order valence-corrected chi connectivity index (χ3v) is 4.13. The Labute approximate surface area is 119 Å². The average molecular weight is 266 g/mol. The highest BCUT2D eigenvalue weighted by molar-refractivity contribution is 5.82. The molecule has 2 rings (SSSR count). The maximum Gasteiger partial charge on any atom is 0.140 e. The molecule has 1 aromatic rings. The highest BCUT2D eigenvalue weighted by atomic mass is 16.1. The largest absolute Gasteiger partial charge is 0.299 e. The molecule has 1 fully saturated rings. The third kappa shape index (κ3) is 2.89. The molecule has 0 saturated heterocycles. The molecule has 0 N–H and O–H groups in total. The van der Waals surface area contributed by atoms with Gasteiger partial charge in [-0.25, -0.2) is 0 Å². The number of ketones is 1. The predicted octanol–water partition coefficient (Wildman–Crippen LogP) is 3.50. The Morgan fingerprint density at radius 2 is 1.80 bits per heavy atom. The van der Waals surface area contributed by atoms with Crippen molar-refractivity contribution in [2.75, 3.05) is 0 Å². The predicted molar refractivity (Wildman–Crippen MR) is 75.6 cm³/mol. The molecule has 102 valence electrons. The summed E-state index contributed by atoms with van der Waals surface area (Å²) in [6.07, 6.45) is 3.30. The fourth-order valence-corrected chi connectivity index (χ4v) is 3.02. The Bertz CT molecular complexity index is 548. The first kappa shape index (κ1) is 14.3. The van der Waals surface area contributed by atoms with Crippen LogP contribution in [-0.4, -0.2) is 5.78 Å². The summed E-state index contributed by atoms with van der Waals surface area (Å²) in [6, 6.07) is 12.0. The van der Waals surface area contributed by atoms with Crippen molar-refractivity contribution in [3.63, 3.8) is 0 Å². The number of rotatable bonds is 3. The molecule has 0 spiro atoms. The highest BCUT2D eigenvalue weighted by Crippen LogP contribution is 2.38. The van der Waals surface area contributed by atoms with Crippen LogP contribution in [0.3, 0.4) is 0 Å². The van der Waals surface area contributed by atoms with E-state index < -0.39 is 5.92 Å². The van der Waals surface area contributed by atoms with Crippen LogP contribution >= 0.6 is 0 Å². The number of Topliss-reactive ketones (excluding diaryl/α,β-unsaturated/α-hetero) is 1. The van der Waals surface area contributed by atoms with Crippen molar-refractivity contribution in [1.29, 1.82) is 10.5 Å². The lowest BCUT2D eigenvalue weighted by atomic mass is 9.71. The fourth-order valence-electron chi connectivity index (χ4n) is 3.02. The Kier molecular flexibility index (Phi) is 4.53. The van der Waals surface area contributed by atoms with Crippen molar-refractivity contribution >= 4 is 5.78 Å². The number of hydrogen-bond donors (Lipinski definition) is 0. The summed E-state index contributed by atoms with van der Waals surface area (Å²) in [4.78, 5) is 12.2. The van der Waals surface area contributed by atoms with Gasteiger partial charge in [-0.1, -0.05) is 36.2 Å². The first-order valence-electron chi connectivity index (χ1n) is 7.06. The SMILES string of the molecule is Cc1ccc(C(C(C#N)C#N)C2CCCCC2=O)cc1. The highest BCUT2D eigenvalue weighted by Gasteiger charge is 2.36. The molecule has 0 heterocycles. The Morgan fingerprint density at radius 3 is 2.35 bits per heavy atom. The van der Waals surface area contributed by atoms with Gasteiger partial charge in [-0.3, -0.25) is 4.79 Å². The summed E-state index contributed by atoms with van der Waals surface area (Å²) in [5, 5.41) is 18.5. The molecule has 1 aliphatic carbocycles. The van der Waals surface area contributed by atoms with Crippen LogP contribution in [0.2, 0.25) is 0 Å². The topological polar surface area (TPSA) is 64.7 Å². The van der Waals surface area contributed by atoms with Gasteiger partial charge >= 0.3 is 0 Å². The molecule has 0 bridgehead atoms. The van der Waals surface area contributed by atoms with Crippen molar-refractivity contribution in [3.8, 4) is 12.1 Å². The Balaban J connectivity index is 2.39. The van der Waals surface area contributed by atoms with E-state index in [1.807, 2.05) is 31.2 Å². The maximum absolute atomic E-state index is 12.2. The molecule has 20 heavy (non-hydrogen) atoms. The summed E-state index contributed by atoms with van der Waals surface area (Å²) < 4.78 is 0. The van der Waals surface area contributed by atoms with E-state index in [0.29, 0.717) is 6.42 Å². The maximum atomic E-state index is 12.2. The molecule has 1 aliphatic rings. The minimum atomic E-state index is -0.759. The lowest BCUT2D eigenvalue weighted by molar-refractivity contribution is -0.125. The van der Waals surface area contributed by atoms with Gasteiger partial charge in [0.15, 0.2) is 0 Å². The van der Waals surface area contributed by atoms with E-state index in [0.717, 1.165) is 30.4 Å². The van der Waals surface area contributed by atoms with Crippen LogP contribution in [0, 0.1) is 41.4 Å². The van der Waals surface area contributed by atoms with Gasteiger partial charge in [-0.2, -0.15) is 10.5 Å². The summed E-state index contributed by atoms with van der Waals surface area (Å²) in [5.41, 5.74) is 2.07. The molecular formula is C17H18N2O. The van der Waals surface area contributed by atoms with Gasteiger partial charge in [0.25, 0.3) is 0 Å². The first-order chi connectivity index (χ1) is 9.67. The normalized spacial score (nSPS) is 20.2. The molecule has 1 aromatic carbocycles. The zero-order chi connectivity index (χ0) is 14.5. The van der Waals surface area contributed by atoms with Crippen LogP contribution in [0.15, 0.2) is 24.3 Å². The van der Waals surface area contributed by atoms with Gasteiger partial charge in [-0.15, -0.1) is 0 Å². The van der Waals surface area contributed by atoms with Crippen LogP contribution in [0.5, 0.6) is 0 Å². The van der Waals surface area contributed by atoms with Crippen molar-refractivity contribution in [3.05, 3.63) is 35.4 Å². The number of benzene rings is 1. The minimum absolute atomic E-state index is 0.184. The standard InChI is InChI=1S/C17H18N2O/c1-12-6-8-13(9-7-12)17(14(10-18)11-19)15-4-2-3-5-16(15)20/h6-9,14-15,17H,2-5H2,1H3. The van der Waals surface area contributed by atoms with Crippen molar-refractivity contribution in [2.24, 2.45) is 11.8 Å². The molecule has 3 nitrogen and oxygen atoms in total. The van der Waals surface area contributed by atoms with E-state index in [1.165, 1.54) is 0 Å². The molecule has 3 heteroatoms. The summed E-state index contributed by atoms with van der Waals surface area (Å²) >= 11 is 0. The van der Waals surface area contributed by atoms with Crippen molar-refractivity contribution in [2.45, 2.75) is 38.5 Å². The second-order valence-electron chi connectivity index (χ2n) is 5.49. The van der Waals surface area contributed by atoms with Crippen LogP contribution in [0.1, 0.15) is 42.7 Å². The summed E-state index contributed by atoms with van der Waals surface area (Å²) in [5.74, 6) is -1.03. The molecule has 0 aromatic heterocycles. The smallest absolute Gasteiger partial charge is 0.140 e. The van der Waals surface area contributed by atoms with Crippen LogP contribution in [0.25, 0.3) is 0 Å². The van der Waals surface area contributed by atoms with Gasteiger partial charge in [0.05, 0.1) is 12.1 Å². The van der Waals surface area contributed by atoms with Crippen molar-refractivity contribution in [1.82, 2.24) is 0 Å². The number of carbonyl (C=O) groups excluding carboxylic acids is 1. The number of hydrogen-bond acceptors (Lipinski definition) is 3. The van der Waals surface area contributed by atoms with E-state index in [4.69, 9.17) is 0 Å². The van der Waals surface area contributed by atoms with E-state index in [1.54, 1.807) is 0 Å². The average Bonchev–Trinajstić information content (AvgIpc) is 2.47. The summed E-state index contributed by atoms with van der Waals surface area (Å²) in [6.45, 7) is 2.00. The van der Waals surface area contributed by atoms with E-state index in [-0.39, 0.29) is 17.6 Å². The number of aryl methyl sites for hydroxylation is 1. The number of nitrogens with zero attached hydrogens (tertiary/aromatic N) is 2. The molecular weight excluding hydrogens is 248 g/mol. The number of nitriles is 2. The van der Waals surface area contributed by atoms with Gasteiger partial charge < -0.3 is 0 Å². The molecule has 0 aliphatic heterocycles.